The highest BCUT2D eigenvalue weighted by Gasteiger charge is 2.19. The van der Waals surface area contributed by atoms with Crippen LogP contribution in [0.5, 0.6) is 0 Å². The van der Waals surface area contributed by atoms with E-state index in [1.807, 2.05) is 45.0 Å². The lowest BCUT2D eigenvalue weighted by atomic mass is 10.1. The number of carbonyl (C=O) groups excluding carboxylic acids is 1. The first kappa shape index (κ1) is 24.1. The van der Waals surface area contributed by atoms with Crippen molar-refractivity contribution in [2.24, 2.45) is 0 Å². The first-order valence-electron chi connectivity index (χ1n) is 10.5. The van der Waals surface area contributed by atoms with Gasteiger partial charge in [-0.1, -0.05) is 37.1 Å². The number of unbranched alkanes of at least 4 members (excludes halogenated alkanes) is 1. The van der Waals surface area contributed by atoms with Crippen LogP contribution in [0.4, 0.5) is 8.78 Å². The molecule has 1 amide bonds. The van der Waals surface area contributed by atoms with Gasteiger partial charge in [0.05, 0.1) is 10.2 Å². The van der Waals surface area contributed by atoms with Crippen LogP contribution in [0.3, 0.4) is 0 Å². The SMILES string of the molecule is CCCCNC(=O)/C(C#N)=c1\s/c(=C\c2ccc(C)cc2C)c(=O)n1-c1ccc(F)cc1F. The molecule has 0 atom stereocenters. The van der Waals surface area contributed by atoms with Gasteiger partial charge in [0.1, 0.15) is 22.4 Å². The van der Waals surface area contributed by atoms with Crippen LogP contribution < -0.4 is 20.1 Å². The van der Waals surface area contributed by atoms with Gasteiger partial charge in [-0.25, -0.2) is 8.78 Å². The Bertz CT molecular complexity index is 1430. The van der Waals surface area contributed by atoms with Crippen LogP contribution in [0, 0.1) is 36.8 Å². The van der Waals surface area contributed by atoms with Crippen molar-refractivity contribution in [1.82, 2.24) is 9.88 Å². The molecular formula is C25H23F2N3O2S. The Morgan fingerprint density at radius 3 is 2.61 bits per heavy atom. The second-order valence-electron chi connectivity index (χ2n) is 7.61. The Balaban J connectivity index is 2.35. The maximum absolute atomic E-state index is 14.7. The smallest absolute Gasteiger partial charge is 0.273 e. The van der Waals surface area contributed by atoms with E-state index in [4.69, 9.17) is 0 Å². The summed E-state index contributed by atoms with van der Waals surface area (Å²) in [4.78, 5) is 26.0. The number of halogens is 2. The fourth-order valence-electron chi connectivity index (χ4n) is 3.32. The van der Waals surface area contributed by atoms with E-state index < -0.39 is 23.1 Å². The highest BCUT2D eigenvalue weighted by atomic mass is 32.1. The molecule has 0 radical (unpaired) electrons. The zero-order chi connectivity index (χ0) is 24.1. The van der Waals surface area contributed by atoms with E-state index in [2.05, 4.69) is 5.32 Å². The maximum atomic E-state index is 14.7. The molecule has 0 bridgehead atoms. The van der Waals surface area contributed by atoms with Gasteiger partial charge in [-0.05, 0) is 49.6 Å². The van der Waals surface area contributed by atoms with Crippen molar-refractivity contribution in [2.75, 3.05) is 6.54 Å². The lowest BCUT2D eigenvalue weighted by molar-refractivity contribution is -0.115. The van der Waals surface area contributed by atoms with E-state index in [-0.39, 0.29) is 20.5 Å². The second kappa shape index (κ2) is 10.4. The van der Waals surface area contributed by atoms with Crippen molar-refractivity contribution in [1.29, 1.82) is 5.26 Å². The van der Waals surface area contributed by atoms with Gasteiger partial charge >= 0.3 is 0 Å². The third-order valence-corrected chi connectivity index (χ3v) is 6.15. The fraction of sp³-hybridized carbons (Fsp3) is 0.240. The van der Waals surface area contributed by atoms with Crippen LogP contribution in [0.15, 0.2) is 41.2 Å². The molecule has 3 rings (SSSR count). The summed E-state index contributed by atoms with van der Waals surface area (Å²) in [6.45, 7) is 6.18. The van der Waals surface area contributed by atoms with Gasteiger partial charge in [0.2, 0.25) is 0 Å². The van der Waals surface area contributed by atoms with E-state index >= 15 is 0 Å². The average Bonchev–Trinajstić information content (AvgIpc) is 3.06. The Labute approximate surface area is 193 Å². The molecule has 0 spiro atoms. The molecule has 170 valence electrons. The minimum Gasteiger partial charge on any atom is -0.351 e. The molecule has 1 aromatic heterocycles. The Morgan fingerprint density at radius 1 is 1.21 bits per heavy atom. The normalized spacial score (nSPS) is 12.4. The first-order chi connectivity index (χ1) is 15.8. The summed E-state index contributed by atoms with van der Waals surface area (Å²) in [5.41, 5.74) is 1.63. The Kier molecular flexibility index (Phi) is 7.56. The van der Waals surface area contributed by atoms with Gasteiger partial charge in [-0.2, -0.15) is 5.26 Å². The molecule has 5 nitrogen and oxygen atoms in total. The number of nitriles is 1. The number of nitrogens with zero attached hydrogens (tertiary/aromatic N) is 2. The molecule has 3 aromatic rings. The van der Waals surface area contributed by atoms with E-state index in [1.54, 1.807) is 6.08 Å². The highest BCUT2D eigenvalue weighted by molar-refractivity contribution is 7.07. The van der Waals surface area contributed by atoms with Crippen LogP contribution >= 0.6 is 11.3 Å². The Hall–Kier alpha value is -3.57. The van der Waals surface area contributed by atoms with E-state index in [0.717, 1.165) is 57.6 Å². The molecular weight excluding hydrogens is 444 g/mol. The number of aryl methyl sites for hydroxylation is 2. The lowest BCUT2D eigenvalue weighted by Gasteiger charge is -2.06. The van der Waals surface area contributed by atoms with Gasteiger partial charge < -0.3 is 5.32 Å². The number of carbonyl (C=O) groups is 1. The molecule has 33 heavy (non-hydrogen) atoms. The van der Waals surface area contributed by atoms with Crippen LogP contribution in [0.25, 0.3) is 17.3 Å². The summed E-state index contributed by atoms with van der Waals surface area (Å²) in [6.07, 6.45) is 3.22. The van der Waals surface area contributed by atoms with Crippen molar-refractivity contribution >= 4 is 28.9 Å². The molecule has 0 saturated carbocycles. The number of thiazole rings is 1. The summed E-state index contributed by atoms with van der Waals surface area (Å²) in [5.74, 6) is -2.43. The maximum Gasteiger partial charge on any atom is 0.273 e. The highest BCUT2D eigenvalue weighted by Crippen LogP contribution is 2.13. The molecule has 0 unspecified atom stereocenters. The molecule has 0 aliphatic rings. The van der Waals surface area contributed by atoms with Gasteiger partial charge in [0.15, 0.2) is 5.57 Å². The van der Waals surface area contributed by atoms with Crippen LogP contribution in [-0.2, 0) is 4.79 Å². The van der Waals surface area contributed by atoms with Crippen LogP contribution in [-0.4, -0.2) is 17.0 Å². The van der Waals surface area contributed by atoms with Gasteiger partial charge in [0.25, 0.3) is 11.5 Å². The minimum absolute atomic E-state index is 0.0157. The predicted octanol–water partition coefficient (Wildman–Crippen LogP) is 3.21. The number of nitrogens with one attached hydrogen (secondary N) is 1. The number of benzene rings is 2. The standard InChI is InChI=1S/C25H23F2N3O2S/c1-4-5-10-29-23(31)19(14-28)25-30(21-9-8-18(26)13-20(21)27)24(32)22(33-25)12-17-7-6-15(2)11-16(17)3/h6-9,11-13H,4-5,10H2,1-3H3,(H,29,31)/b22-12-,25-19-. The molecule has 1 N–H and O–H groups in total. The predicted molar refractivity (Wildman–Crippen MR) is 126 cm³/mol. The van der Waals surface area contributed by atoms with E-state index in [9.17, 15) is 23.6 Å². The Morgan fingerprint density at radius 2 is 1.97 bits per heavy atom. The minimum atomic E-state index is -0.974. The topological polar surface area (TPSA) is 74.9 Å². The van der Waals surface area contributed by atoms with Gasteiger partial charge in [-0.3, -0.25) is 14.2 Å². The quantitative estimate of drug-likeness (QED) is 0.566. The number of amides is 1. The van der Waals surface area contributed by atoms with Crippen molar-refractivity contribution in [3.63, 3.8) is 0 Å². The molecule has 2 aromatic carbocycles. The summed E-state index contributed by atoms with van der Waals surface area (Å²) in [5, 5.41) is 12.4. The summed E-state index contributed by atoms with van der Waals surface area (Å²) < 4.78 is 29.3. The van der Waals surface area contributed by atoms with Gasteiger partial charge in [-0.15, -0.1) is 11.3 Å². The fourth-order valence-corrected chi connectivity index (χ4v) is 4.41. The first-order valence-corrected chi connectivity index (χ1v) is 11.3. The van der Waals surface area contributed by atoms with Gasteiger partial charge in [0, 0.05) is 12.6 Å². The largest absolute Gasteiger partial charge is 0.351 e. The average molecular weight is 468 g/mol. The second-order valence-corrected chi connectivity index (χ2v) is 8.64. The molecule has 8 heteroatoms. The molecule has 0 aliphatic carbocycles. The zero-order valence-electron chi connectivity index (χ0n) is 18.5. The third-order valence-electron chi connectivity index (χ3n) is 5.05. The van der Waals surface area contributed by atoms with Crippen LogP contribution in [0.1, 0.15) is 36.5 Å². The van der Waals surface area contributed by atoms with Crippen molar-refractivity contribution in [3.8, 4) is 11.8 Å². The van der Waals surface area contributed by atoms with Crippen LogP contribution in [0.2, 0.25) is 0 Å². The van der Waals surface area contributed by atoms with Crippen molar-refractivity contribution < 1.29 is 13.6 Å². The third kappa shape index (κ3) is 5.26. The number of hydrogen-bond acceptors (Lipinski definition) is 4. The van der Waals surface area contributed by atoms with E-state index in [1.165, 1.54) is 0 Å². The van der Waals surface area contributed by atoms with E-state index in [0.29, 0.717) is 12.6 Å². The molecule has 0 fully saturated rings. The monoisotopic (exact) mass is 467 g/mol. The summed E-state index contributed by atoms with van der Waals surface area (Å²) in [7, 11) is 0. The molecule has 0 aliphatic heterocycles. The molecule has 0 saturated heterocycles. The summed E-state index contributed by atoms with van der Waals surface area (Å²) in [6, 6.07) is 10.4. The van der Waals surface area contributed by atoms with Crippen molar-refractivity contribution in [2.45, 2.75) is 33.6 Å². The zero-order valence-corrected chi connectivity index (χ0v) is 19.4. The molecule has 1 heterocycles. The van der Waals surface area contributed by atoms with Crippen molar-refractivity contribution in [3.05, 3.63) is 84.3 Å². The number of aromatic nitrogens is 1. The number of rotatable bonds is 6. The summed E-state index contributed by atoms with van der Waals surface area (Å²) >= 11 is 0.916. The lowest BCUT2D eigenvalue weighted by Crippen LogP contribution is -2.34. The number of hydrogen-bond donors (Lipinski definition) is 1.